The molecule has 1 amide bonds. The summed E-state index contributed by atoms with van der Waals surface area (Å²) in [6.07, 6.45) is 0. The fourth-order valence-electron chi connectivity index (χ4n) is 2.00. The van der Waals surface area contributed by atoms with Crippen molar-refractivity contribution in [1.82, 2.24) is 10.6 Å². The van der Waals surface area contributed by atoms with E-state index >= 15 is 0 Å². The van der Waals surface area contributed by atoms with Crippen LogP contribution in [0.5, 0.6) is 5.75 Å². The fraction of sp³-hybridized carbons (Fsp3) is 0.562. The second-order valence-electron chi connectivity index (χ2n) is 6.39. The number of carbonyl (C=O) groups is 1. The van der Waals surface area contributed by atoms with Crippen LogP contribution in [0.1, 0.15) is 26.3 Å². The van der Waals surface area contributed by atoms with E-state index in [-0.39, 0.29) is 17.9 Å². The molecule has 2 N–H and O–H groups in total. The zero-order valence-electron chi connectivity index (χ0n) is 12.5. The zero-order valence-corrected chi connectivity index (χ0v) is 12.5. The van der Waals surface area contributed by atoms with Crippen LogP contribution in [-0.2, 0) is 10.2 Å². The van der Waals surface area contributed by atoms with Crippen molar-refractivity contribution in [2.24, 2.45) is 5.92 Å². The van der Waals surface area contributed by atoms with Crippen LogP contribution < -0.4 is 15.4 Å². The molecule has 2 rings (SSSR count). The predicted molar refractivity (Wildman–Crippen MR) is 80.0 cm³/mol. The Kier molecular flexibility index (Phi) is 4.65. The molecule has 1 aliphatic heterocycles. The van der Waals surface area contributed by atoms with Gasteiger partial charge in [0.05, 0.1) is 0 Å². The number of hydrogen-bond acceptors (Lipinski definition) is 3. The molecule has 1 saturated heterocycles. The third-order valence-corrected chi connectivity index (χ3v) is 3.54. The van der Waals surface area contributed by atoms with Crippen molar-refractivity contribution < 1.29 is 9.53 Å². The Bertz CT molecular complexity index is 445. The fourth-order valence-corrected chi connectivity index (χ4v) is 2.00. The normalized spacial score (nSPS) is 15.6. The summed E-state index contributed by atoms with van der Waals surface area (Å²) in [5, 5.41) is 6.06. The van der Waals surface area contributed by atoms with Gasteiger partial charge in [0.25, 0.3) is 5.91 Å². The first kappa shape index (κ1) is 14.9. The van der Waals surface area contributed by atoms with Crippen LogP contribution in [0.15, 0.2) is 24.3 Å². The third-order valence-electron chi connectivity index (χ3n) is 3.54. The maximum absolute atomic E-state index is 11.6. The van der Waals surface area contributed by atoms with E-state index in [1.54, 1.807) is 0 Å². The quantitative estimate of drug-likeness (QED) is 0.860. The van der Waals surface area contributed by atoms with Crippen molar-refractivity contribution in [2.75, 3.05) is 26.2 Å². The molecule has 4 nitrogen and oxygen atoms in total. The number of amides is 1. The molecular weight excluding hydrogens is 252 g/mol. The molecule has 1 aromatic rings. The summed E-state index contributed by atoms with van der Waals surface area (Å²) >= 11 is 0. The van der Waals surface area contributed by atoms with Gasteiger partial charge in [-0.3, -0.25) is 4.79 Å². The van der Waals surface area contributed by atoms with Gasteiger partial charge in [-0.1, -0.05) is 32.9 Å². The second-order valence-corrected chi connectivity index (χ2v) is 6.39. The Morgan fingerprint density at radius 2 is 1.95 bits per heavy atom. The number of ether oxygens (including phenoxy) is 1. The summed E-state index contributed by atoms with van der Waals surface area (Å²) in [6.45, 7) is 9.32. The Labute approximate surface area is 120 Å². The van der Waals surface area contributed by atoms with Gasteiger partial charge in [-0.15, -0.1) is 0 Å². The summed E-state index contributed by atoms with van der Waals surface area (Å²) in [5.41, 5.74) is 1.39. The molecular formula is C16H24N2O2. The average molecular weight is 276 g/mol. The summed E-state index contributed by atoms with van der Waals surface area (Å²) in [6, 6.07) is 7.94. The van der Waals surface area contributed by atoms with Crippen LogP contribution >= 0.6 is 0 Å². The van der Waals surface area contributed by atoms with Crippen LogP contribution in [0.2, 0.25) is 0 Å². The monoisotopic (exact) mass is 276 g/mol. The molecule has 110 valence electrons. The SMILES string of the molecule is CC(C)(C)c1ccc(OCC(=O)NCC2CNC2)cc1. The molecule has 0 saturated carbocycles. The molecule has 1 aliphatic rings. The number of rotatable bonds is 5. The van der Waals surface area contributed by atoms with Gasteiger partial charge in [-0.25, -0.2) is 0 Å². The van der Waals surface area contributed by atoms with Crippen LogP contribution in [0.4, 0.5) is 0 Å². The minimum atomic E-state index is -0.0585. The maximum atomic E-state index is 11.6. The van der Waals surface area contributed by atoms with E-state index in [0.717, 1.165) is 25.4 Å². The van der Waals surface area contributed by atoms with E-state index in [2.05, 4.69) is 31.4 Å². The molecule has 4 heteroatoms. The maximum Gasteiger partial charge on any atom is 0.257 e. The van der Waals surface area contributed by atoms with Crippen LogP contribution in [-0.4, -0.2) is 32.1 Å². The lowest BCUT2D eigenvalue weighted by molar-refractivity contribution is -0.123. The topological polar surface area (TPSA) is 50.4 Å². The first-order chi connectivity index (χ1) is 9.45. The smallest absolute Gasteiger partial charge is 0.257 e. The number of carbonyl (C=O) groups excluding carboxylic acids is 1. The molecule has 0 atom stereocenters. The van der Waals surface area contributed by atoms with Crippen molar-refractivity contribution in [3.63, 3.8) is 0 Å². The summed E-state index contributed by atoms with van der Waals surface area (Å²) < 4.78 is 5.49. The minimum absolute atomic E-state index is 0.0585. The van der Waals surface area contributed by atoms with Crippen molar-refractivity contribution in [3.05, 3.63) is 29.8 Å². The summed E-state index contributed by atoms with van der Waals surface area (Å²) in [7, 11) is 0. The molecule has 0 bridgehead atoms. The molecule has 0 unspecified atom stereocenters. The van der Waals surface area contributed by atoms with Gasteiger partial charge in [0.1, 0.15) is 5.75 Å². The van der Waals surface area contributed by atoms with E-state index in [4.69, 9.17) is 4.74 Å². The Hall–Kier alpha value is -1.55. The molecule has 1 heterocycles. The minimum Gasteiger partial charge on any atom is -0.484 e. The van der Waals surface area contributed by atoms with Crippen LogP contribution in [0, 0.1) is 5.92 Å². The molecule has 0 spiro atoms. The van der Waals surface area contributed by atoms with Gasteiger partial charge in [0, 0.05) is 25.6 Å². The first-order valence-electron chi connectivity index (χ1n) is 7.16. The lowest BCUT2D eigenvalue weighted by Crippen LogP contribution is -2.48. The lowest BCUT2D eigenvalue weighted by Gasteiger charge is -2.27. The van der Waals surface area contributed by atoms with Crippen molar-refractivity contribution in [3.8, 4) is 5.75 Å². The van der Waals surface area contributed by atoms with Crippen LogP contribution in [0.25, 0.3) is 0 Å². The highest BCUT2D eigenvalue weighted by molar-refractivity contribution is 5.77. The number of benzene rings is 1. The van der Waals surface area contributed by atoms with E-state index < -0.39 is 0 Å². The largest absolute Gasteiger partial charge is 0.484 e. The van der Waals surface area contributed by atoms with Crippen molar-refractivity contribution in [2.45, 2.75) is 26.2 Å². The van der Waals surface area contributed by atoms with Gasteiger partial charge in [0.15, 0.2) is 6.61 Å². The molecule has 1 aromatic carbocycles. The van der Waals surface area contributed by atoms with Gasteiger partial charge in [0.2, 0.25) is 0 Å². The van der Waals surface area contributed by atoms with E-state index in [0.29, 0.717) is 5.92 Å². The second kappa shape index (κ2) is 6.27. The molecule has 0 radical (unpaired) electrons. The van der Waals surface area contributed by atoms with Crippen LogP contribution in [0.3, 0.4) is 0 Å². The molecule has 20 heavy (non-hydrogen) atoms. The zero-order chi connectivity index (χ0) is 14.6. The molecule has 1 fully saturated rings. The highest BCUT2D eigenvalue weighted by Crippen LogP contribution is 2.24. The highest BCUT2D eigenvalue weighted by atomic mass is 16.5. The lowest BCUT2D eigenvalue weighted by atomic mass is 9.87. The number of hydrogen-bond donors (Lipinski definition) is 2. The van der Waals surface area contributed by atoms with Gasteiger partial charge < -0.3 is 15.4 Å². The van der Waals surface area contributed by atoms with Gasteiger partial charge in [-0.05, 0) is 23.1 Å². The predicted octanol–water partition coefficient (Wildman–Crippen LogP) is 1.70. The van der Waals surface area contributed by atoms with Gasteiger partial charge >= 0.3 is 0 Å². The van der Waals surface area contributed by atoms with E-state index in [9.17, 15) is 4.79 Å². The summed E-state index contributed by atoms with van der Waals surface area (Å²) in [5.74, 6) is 1.25. The highest BCUT2D eigenvalue weighted by Gasteiger charge is 2.17. The Balaban J connectivity index is 1.74. The molecule has 0 aromatic heterocycles. The van der Waals surface area contributed by atoms with Crippen molar-refractivity contribution in [1.29, 1.82) is 0 Å². The number of nitrogens with one attached hydrogen (secondary N) is 2. The Morgan fingerprint density at radius 1 is 1.30 bits per heavy atom. The molecule has 0 aliphatic carbocycles. The first-order valence-corrected chi connectivity index (χ1v) is 7.16. The van der Waals surface area contributed by atoms with Gasteiger partial charge in [-0.2, -0.15) is 0 Å². The average Bonchev–Trinajstić information content (AvgIpc) is 2.34. The van der Waals surface area contributed by atoms with E-state index in [1.807, 2.05) is 24.3 Å². The standard InChI is InChI=1S/C16H24N2O2/c1-16(2,3)13-4-6-14(7-5-13)20-11-15(19)18-10-12-8-17-9-12/h4-7,12,17H,8-11H2,1-3H3,(H,18,19). The van der Waals surface area contributed by atoms with Crippen molar-refractivity contribution >= 4 is 5.91 Å². The third kappa shape index (κ3) is 4.23. The van der Waals surface area contributed by atoms with E-state index in [1.165, 1.54) is 5.56 Å². The summed E-state index contributed by atoms with van der Waals surface area (Å²) in [4.78, 5) is 11.6. The Morgan fingerprint density at radius 3 is 2.45 bits per heavy atom.